The van der Waals surface area contributed by atoms with Gasteiger partial charge in [-0.15, -0.1) is 0 Å². The summed E-state index contributed by atoms with van der Waals surface area (Å²) in [4.78, 5) is 20.3. The third-order valence-electron chi connectivity index (χ3n) is 4.16. The molecule has 0 radical (unpaired) electrons. The minimum atomic E-state index is -0.173. The fourth-order valence-corrected chi connectivity index (χ4v) is 2.76. The summed E-state index contributed by atoms with van der Waals surface area (Å²) in [6.45, 7) is 3.77. The van der Waals surface area contributed by atoms with Gasteiger partial charge in [0.25, 0.3) is 0 Å². The number of benzene rings is 1. The van der Waals surface area contributed by atoms with E-state index in [-0.39, 0.29) is 11.8 Å². The minimum Gasteiger partial charge on any atom is -0.332 e. The molecule has 3 rings (SSSR count). The van der Waals surface area contributed by atoms with E-state index in [9.17, 15) is 9.18 Å². The number of piperazine rings is 1. The summed E-state index contributed by atoms with van der Waals surface area (Å²) >= 11 is 0. The highest BCUT2D eigenvalue weighted by Gasteiger charge is 2.21. The number of hydrogen-bond donors (Lipinski definition) is 1. The fraction of sp³-hybridized carbons (Fsp3) is 0.333. The molecule has 2 amide bonds. The SMILES string of the molecule is O=C(NCc1ccccn1)N1CCN(Cc2ccccc2F)CC1. The lowest BCUT2D eigenvalue weighted by Crippen LogP contribution is -2.51. The van der Waals surface area contributed by atoms with Crippen molar-refractivity contribution in [3.63, 3.8) is 0 Å². The van der Waals surface area contributed by atoms with Crippen molar-refractivity contribution in [1.29, 1.82) is 0 Å². The van der Waals surface area contributed by atoms with Crippen LogP contribution in [0.4, 0.5) is 9.18 Å². The molecule has 5 nitrogen and oxygen atoms in total. The van der Waals surface area contributed by atoms with Crippen LogP contribution >= 0.6 is 0 Å². The summed E-state index contributed by atoms with van der Waals surface area (Å²) in [5, 5.41) is 2.89. The molecule has 1 aromatic heterocycles. The second-order valence-corrected chi connectivity index (χ2v) is 5.83. The van der Waals surface area contributed by atoms with Gasteiger partial charge in [0, 0.05) is 44.5 Å². The van der Waals surface area contributed by atoms with Crippen LogP contribution in [0.15, 0.2) is 48.7 Å². The molecule has 0 spiro atoms. The molecule has 0 saturated carbocycles. The van der Waals surface area contributed by atoms with Crippen molar-refractivity contribution in [2.45, 2.75) is 13.1 Å². The number of amides is 2. The second-order valence-electron chi connectivity index (χ2n) is 5.83. The summed E-state index contributed by atoms with van der Waals surface area (Å²) in [5.74, 6) is -0.173. The van der Waals surface area contributed by atoms with Crippen molar-refractivity contribution in [2.24, 2.45) is 0 Å². The minimum absolute atomic E-state index is 0.0776. The number of rotatable bonds is 4. The Balaban J connectivity index is 1.44. The first kappa shape index (κ1) is 16.4. The van der Waals surface area contributed by atoms with Crippen molar-refractivity contribution in [3.8, 4) is 0 Å². The Morgan fingerprint density at radius 3 is 2.54 bits per heavy atom. The predicted octanol–water partition coefficient (Wildman–Crippen LogP) is 2.25. The van der Waals surface area contributed by atoms with Crippen LogP contribution in [0.5, 0.6) is 0 Å². The van der Waals surface area contributed by atoms with Gasteiger partial charge in [0.15, 0.2) is 0 Å². The molecule has 1 N–H and O–H groups in total. The van der Waals surface area contributed by atoms with Crippen LogP contribution in [0.3, 0.4) is 0 Å². The third kappa shape index (κ3) is 4.29. The van der Waals surface area contributed by atoms with Crippen molar-refractivity contribution in [3.05, 3.63) is 65.7 Å². The Bertz CT molecular complexity index is 672. The van der Waals surface area contributed by atoms with E-state index < -0.39 is 0 Å². The molecule has 0 bridgehead atoms. The van der Waals surface area contributed by atoms with Crippen LogP contribution in [0, 0.1) is 5.82 Å². The molecule has 6 heteroatoms. The summed E-state index contributed by atoms with van der Waals surface area (Å²) in [6.07, 6.45) is 1.71. The zero-order valence-corrected chi connectivity index (χ0v) is 13.5. The van der Waals surface area contributed by atoms with E-state index in [0.29, 0.717) is 31.7 Å². The molecule has 1 fully saturated rings. The van der Waals surface area contributed by atoms with Crippen LogP contribution in [-0.4, -0.2) is 47.0 Å². The average Bonchev–Trinajstić information content (AvgIpc) is 2.63. The van der Waals surface area contributed by atoms with Gasteiger partial charge in [0.05, 0.1) is 12.2 Å². The zero-order valence-electron chi connectivity index (χ0n) is 13.5. The number of urea groups is 1. The largest absolute Gasteiger partial charge is 0.332 e. The van der Waals surface area contributed by atoms with Gasteiger partial charge in [-0.3, -0.25) is 9.88 Å². The molecular formula is C18H21FN4O. The first-order valence-electron chi connectivity index (χ1n) is 8.11. The maximum atomic E-state index is 13.7. The van der Waals surface area contributed by atoms with Gasteiger partial charge in [0.1, 0.15) is 5.82 Å². The highest BCUT2D eigenvalue weighted by atomic mass is 19.1. The van der Waals surface area contributed by atoms with E-state index in [1.54, 1.807) is 23.2 Å². The number of carbonyl (C=O) groups is 1. The summed E-state index contributed by atoms with van der Waals surface area (Å²) in [7, 11) is 0. The lowest BCUT2D eigenvalue weighted by molar-refractivity contribution is 0.134. The van der Waals surface area contributed by atoms with E-state index in [1.807, 2.05) is 24.3 Å². The van der Waals surface area contributed by atoms with Crippen LogP contribution in [-0.2, 0) is 13.1 Å². The third-order valence-corrected chi connectivity index (χ3v) is 4.16. The smallest absolute Gasteiger partial charge is 0.317 e. The van der Waals surface area contributed by atoms with Crippen LogP contribution < -0.4 is 5.32 Å². The van der Waals surface area contributed by atoms with E-state index in [2.05, 4.69) is 15.2 Å². The first-order valence-corrected chi connectivity index (χ1v) is 8.11. The highest BCUT2D eigenvalue weighted by molar-refractivity contribution is 5.74. The maximum absolute atomic E-state index is 13.7. The van der Waals surface area contributed by atoms with Crippen LogP contribution in [0.2, 0.25) is 0 Å². The molecule has 2 heterocycles. The summed E-state index contributed by atoms with van der Waals surface area (Å²) < 4.78 is 13.7. The maximum Gasteiger partial charge on any atom is 0.317 e. The Labute approximate surface area is 141 Å². The number of hydrogen-bond acceptors (Lipinski definition) is 3. The lowest BCUT2D eigenvalue weighted by Gasteiger charge is -2.34. The zero-order chi connectivity index (χ0) is 16.8. The van der Waals surface area contributed by atoms with Crippen molar-refractivity contribution in [1.82, 2.24) is 20.1 Å². The number of pyridine rings is 1. The van der Waals surface area contributed by atoms with Crippen molar-refractivity contribution >= 4 is 6.03 Å². The molecular weight excluding hydrogens is 307 g/mol. The standard InChI is InChI=1S/C18H21FN4O/c19-17-7-2-1-5-15(17)14-22-9-11-23(12-10-22)18(24)21-13-16-6-3-4-8-20-16/h1-8H,9-14H2,(H,21,24). The number of nitrogens with one attached hydrogen (secondary N) is 1. The lowest BCUT2D eigenvalue weighted by atomic mass is 10.2. The number of carbonyl (C=O) groups excluding carboxylic acids is 1. The Morgan fingerprint density at radius 1 is 1.08 bits per heavy atom. The quantitative estimate of drug-likeness (QED) is 0.936. The predicted molar refractivity (Wildman–Crippen MR) is 89.7 cm³/mol. The molecule has 1 aromatic carbocycles. The van der Waals surface area contributed by atoms with Gasteiger partial charge in [-0.25, -0.2) is 9.18 Å². The molecule has 126 valence electrons. The Morgan fingerprint density at radius 2 is 1.83 bits per heavy atom. The normalized spacial score (nSPS) is 15.3. The molecule has 0 atom stereocenters. The van der Waals surface area contributed by atoms with Crippen molar-refractivity contribution in [2.75, 3.05) is 26.2 Å². The van der Waals surface area contributed by atoms with Gasteiger partial charge in [0.2, 0.25) is 0 Å². The number of aromatic nitrogens is 1. The van der Waals surface area contributed by atoms with E-state index in [1.165, 1.54) is 6.07 Å². The van der Waals surface area contributed by atoms with E-state index in [0.717, 1.165) is 18.8 Å². The van der Waals surface area contributed by atoms with Gasteiger partial charge < -0.3 is 10.2 Å². The number of halogens is 1. The topological polar surface area (TPSA) is 48.5 Å². The summed E-state index contributed by atoms with van der Waals surface area (Å²) in [5.41, 5.74) is 1.54. The fourth-order valence-electron chi connectivity index (χ4n) is 2.76. The molecule has 1 aliphatic heterocycles. The molecule has 24 heavy (non-hydrogen) atoms. The molecule has 0 unspecified atom stereocenters. The summed E-state index contributed by atoms with van der Waals surface area (Å²) in [6, 6.07) is 12.4. The highest BCUT2D eigenvalue weighted by Crippen LogP contribution is 2.12. The van der Waals surface area contributed by atoms with Crippen LogP contribution in [0.1, 0.15) is 11.3 Å². The monoisotopic (exact) mass is 328 g/mol. The van der Waals surface area contributed by atoms with E-state index >= 15 is 0 Å². The van der Waals surface area contributed by atoms with Crippen LogP contribution in [0.25, 0.3) is 0 Å². The molecule has 2 aromatic rings. The molecule has 1 saturated heterocycles. The second kappa shape index (κ2) is 7.88. The average molecular weight is 328 g/mol. The van der Waals surface area contributed by atoms with Crippen molar-refractivity contribution < 1.29 is 9.18 Å². The van der Waals surface area contributed by atoms with E-state index in [4.69, 9.17) is 0 Å². The van der Waals surface area contributed by atoms with Gasteiger partial charge in [-0.05, 0) is 18.2 Å². The van der Waals surface area contributed by atoms with Gasteiger partial charge >= 0.3 is 6.03 Å². The number of nitrogens with zero attached hydrogens (tertiary/aromatic N) is 3. The first-order chi connectivity index (χ1) is 11.7. The Kier molecular flexibility index (Phi) is 5.38. The molecule has 0 aliphatic carbocycles. The van der Waals surface area contributed by atoms with Gasteiger partial charge in [-0.1, -0.05) is 24.3 Å². The molecule has 1 aliphatic rings. The van der Waals surface area contributed by atoms with Gasteiger partial charge in [-0.2, -0.15) is 0 Å². The Hall–Kier alpha value is -2.47.